The first-order valence-electron chi connectivity index (χ1n) is 7.91. The molecule has 0 aliphatic carbocycles. The second-order valence-electron chi connectivity index (χ2n) is 6.28. The molecule has 0 atom stereocenters. The SMILES string of the molecule is CC(C)COc1ccc(C=Nc2ccc(C(C)C)cc2)cc1. The average molecular weight is 295 g/mol. The van der Waals surface area contributed by atoms with E-state index < -0.39 is 0 Å². The Balaban J connectivity index is 1.97. The van der Waals surface area contributed by atoms with Gasteiger partial charge in [-0.05, 0) is 59.4 Å². The summed E-state index contributed by atoms with van der Waals surface area (Å²) in [5.74, 6) is 2.00. The molecule has 0 unspecified atom stereocenters. The van der Waals surface area contributed by atoms with Crippen molar-refractivity contribution in [3.8, 4) is 5.75 Å². The zero-order valence-electron chi connectivity index (χ0n) is 13.9. The van der Waals surface area contributed by atoms with E-state index in [0.717, 1.165) is 23.6 Å². The summed E-state index contributed by atoms with van der Waals surface area (Å²) in [6.07, 6.45) is 1.89. The van der Waals surface area contributed by atoms with Gasteiger partial charge in [0.15, 0.2) is 0 Å². The lowest BCUT2D eigenvalue weighted by molar-refractivity contribution is 0.271. The van der Waals surface area contributed by atoms with Crippen LogP contribution < -0.4 is 4.74 Å². The molecular formula is C20H25NO. The molecule has 0 amide bonds. The third-order valence-electron chi connectivity index (χ3n) is 3.39. The second-order valence-corrected chi connectivity index (χ2v) is 6.28. The van der Waals surface area contributed by atoms with Crippen LogP contribution in [0.2, 0.25) is 0 Å². The normalized spacial score (nSPS) is 11.5. The molecule has 2 aromatic rings. The highest BCUT2D eigenvalue weighted by molar-refractivity contribution is 5.82. The molecule has 0 aromatic heterocycles. The first-order valence-corrected chi connectivity index (χ1v) is 7.91. The minimum absolute atomic E-state index is 0.537. The van der Waals surface area contributed by atoms with Gasteiger partial charge in [-0.15, -0.1) is 0 Å². The molecule has 2 rings (SSSR count). The molecule has 0 fully saturated rings. The van der Waals surface area contributed by atoms with Gasteiger partial charge in [-0.2, -0.15) is 0 Å². The predicted octanol–water partition coefficient (Wildman–Crippen LogP) is 5.60. The van der Waals surface area contributed by atoms with Crippen LogP contribution in [0.5, 0.6) is 5.75 Å². The van der Waals surface area contributed by atoms with E-state index in [1.54, 1.807) is 0 Å². The Labute approximate surface area is 133 Å². The summed E-state index contributed by atoms with van der Waals surface area (Å²) in [4.78, 5) is 4.51. The number of aliphatic imine (C=N–C) groups is 1. The molecule has 116 valence electrons. The number of benzene rings is 2. The molecule has 22 heavy (non-hydrogen) atoms. The Morgan fingerprint density at radius 3 is 2.09 bits per heavy atom. The fourth-order valence-electron chi connectivity index (χ4n) is 2.01. The Bertz CT molecular complexity index is 595. The molecule has 0 aliphatic heterocycles. The molecule has 0 spiro atoms. The molecule has 2 aromatic carbocycles. The number of rotatable bonds is 6. The van der Waals surface area contributed by atoms with Gasteiger partial charge in [0.1, 0.15) is 5.75 Å². The van der Waals surface area contributed by atoms with E-state index >= 15 is 0 Å². The molecular weight excluding hydrogens is 270 g/mol. The van der Waals surface area contributed by atoms with E-state index in [4.69, 9.17) is 4.74 Å². The molecule has 0 aliphatic rings. The van der Waals surface area contributed by atoms with Crippen LogP contribution in [0, 0.1) is 5.92 Å². The zero-order valence-corrected chi connectivity index (χ0v) is 13.9. The van der Waals surface area contributed by atoms with Crippen LogP contribution in [0.4, 0.5) is 5.69 Å². The standard InChI is InChI=1S/C20H25NO/c1-15(2)14-22-20-11-5-17(6-12-20)13-21-19-9-7-18(8-10-19)16(3)4/h5-13,15-16H,14H2,1-4H3. The van der Waals surface area contributed by atoms with Gasteiger partial charge in [-0.1, -0.05) is 39.8 Å². The second kappa shape index (κ2) is 7.79. The molecule has 0 saturated heterocycles. The minimum atomic E-state index is 0.537. The quantitative estimate of drug-likeness (QED) is 0.636. The van der Waals surface area contributed by atoms with E-state index in [0.29, 0.717) is 11.8 Å². The van der Waals surface area contributed by atoms with Crippen molar-refractivity contribution in [2.24, 2.45) is 10.9 Å². The summed E-state index contributed by atoms with van der Waals surface area (Å²) < 4.78 is 5.68. The van der Waals surface area contributed by atoms with Crippen LogP contribution in [-0.2, 0) is 0 Å². The van der Waals surface area contributed by atoms with Crippen molar-refractivity contribution < 1.29 is 4.74 Å². The highest BCUT2D eigenvalue weighted by Crippen LogP contribution is 2.19. The van der Waals surface area contributed by atoms with Crippen LogP contribution in [0.25, 0.3) is 0 Å². The first-order chi connectivity index (χ1) is 10.5. The van der Waals surface area contributed by atoms with Crippen molar-refractivity contribution >= 4 is 11.9 Å². The Morgan fingerprint density at radius 2 is 1.55 bits per heavy atom. The smallest absolute Gasteiger partial charge is 0.119 e. The van der Waals surface area contributed by atoms with Gasteiger partial charge in [0, 0.05) is 6.21 Å². The molecule has 0 bridgehead atoms. The Kier molecular flexibility index (Phi) is 5.76. The van der Waals surface area contributed by atoms with Crippen molar-refractivity contribution in [3.63, 3.8) is 0 Å². The molecule has 2 heteroatoms. The Hall–Kier alpha value is -2.09. The highest BCUT2D eigenvalue weighted by atomic mass is 16.5. The third kappa shape index (κ3) is 5.03. The van der Waals surface area contributed by atoms with E-state index in [1.807, 2.05) is 30.5 Å². The predicted molar refractivity (Wildman–Crippen MR) is 94.6 cm³/mol. The number of nitrogens with zero attached hydrogens (tertiary/aromatic N) is 1. The van der Waals surface area contributed by atoms with Gasteiger partial charge in [0.05, 0.1) is 12.3 Å². The van der Waals surface area contributed by atoms with Crippen molar-refractivity contribution in [3.05, 3.63) is 59.7 Å². The van der Waals surface area contributed by atoms with Crippen molar-refractivity contribution in [1.82, 2.24) is 0 Å². The van der Waals surface area contributed by atoms with Gasteiger partial charge in [-0.3, -0.25) is 4.99 Å². The monoisotopic (exact) mass is 295 g/mol. The third-order valence-corrected chi connectivity index (χ3v) is 3.39. The maximum Gasteiger partial charge on any atom is 0.119 e. The number of hydrogen-bond acceptors (Lipinski definition) is 2. The van der Waals surface area contributed by atoms with Crippen LogP contribution in [0.3, 0.4) is 0 Å². The van der Waals surface area contributed by atoms with Crippen LogP contribution in [0.1, 0.15) is 44.7 Å². The van der Waals surface area contributed by atoms with Gasteiger partial charge >= 0.3 is 0 Å². The maximum atomic E-state index is 5.68. The molecule has 2 nitrogen and oxygen atoms in total. The minimum Gasteiger partial charge on any atom is -0.493 e. The van der Waals surface area contributed by atoms with Crippen LogP contribution in [0.15, 0.2) is 53.5 Å². The van der Waals surface area contributed by atoms with E-state index in [2.05, 4.69) is 57.0 Å². The van der Waals surface area contributed by atoms with Crippen molar-refractivity contribution in [1.29, 1.82) is 0 Å². The van der Waals surface area contributed by atoms with Crippen molar-refractivity contribution in [2.75, 3.05) is 6.61 Å². The van der Waals surface area contributed by atoms with E-state index in [1.165, 1.54) is 5.56 Å². The van der Waals surface area contributed by atoms with Crippen LogP contribution >= 0.6 is 0 Å². The highest BCUT2D eigenvalue weighted by Gasteiger charge is 1.99. The fraction of sp³-hybridized carbons (Fsp3) is 0.350. The summed E-state index contributed by atoms with van der Waals surface area (Å²) in [7, 11) is 0. The molecule has 0 radical (unpaired) electrons. The first kappa shape index (κ1) is 16.3. The van der Waals surface area contributed by atoms with Gasteiger partial charge < -0.3 is 4.74 Å². The van der Waals surface area contributed by atoms with Crippen molar-refractivity contribution in [2.45, 2.75) is 33.6 Å². The van der Waals surface area contributed by atoms with E-state index in [-0.39, 0.29) is 0 Å². The zero-order chi connectivity index (χ0) is 15.9. The number of hydrogen-bond donors (Lipinski definition) is 0. The summed E-state index contributed by atoms with van der Waals surface area (Å²) in [6, 6.07) is 16.4. The summed E-state index contributed by atoms with van der Waals surface area (Å²) in [5, 5.41) is 0. The Morgan fingerprint density at radius 1 is 0.909 bits per heavy atom. The lowest BCUT2D eigenvalue weighted by atomic mass is 10.0. The molecule has 0 N–H and O–H groups in total. The summed E-state index contributed by atoms with van der Waals surface area (Å²) >= 11 is 0. The average Bonchev–Trinajstić information content (AvgIpc) is 2.52. The fourth-order valence-corrected chi connectivity index (χ4v) is 2.01. The van der Waals surface area contributed by atoms with Gasteiger partial charge in [0.25, 0.3) is 0 Å². The summed E-state index contributed by atoms with van der Waals surface area (Å²) in [5.41, 5.74) is 3.39. The lowest BCUT2D eigenvalue weighted by Gasteiger charge is -2.08. The van der Waals surface area contributed by atoms with E-state index in [9.17, 15) is 0 Å². The topological polar surface area (TPSA) is 21.6 Å². The molecule has 0 heterocycles. The van der Waals surface area contributed by atoms with Gasteiger partial charge in [-0.25, -0.2) is 0 Å². The maximum absolute atomic E-state index is 5.68. The lowest BCUT2D eigenvalue weighted by Crippen LogP contribution is -2.04. The van der Waals surface area contributed by atoms with Gasteiger partial charge in [0.2, 0.25) is 0 Å². The number of ether oxygens (including phenoxy) is 1. The summed E-state index contributed by atoms with van der Waals surface area (Å²) in [6.45, 7) is 9.43. The largest absolute Gasteiger partial charge is 0.493 e. The molecule has 0 saturated carbocycles. The van der Waals surface area contributed by atoms with Crippen LogP contribution in [-0.4, -0.2) is 12.8 Å².